The molecule has 0 bridgehead atoms. The number of thiol groups is 2. The van der Waals surface area contributed by atoms with Gasteiger partial charge in [-0.05, 0) is 98.2 Å². The molecule has 0 spiro atoms. The number of nitrogens with zero attached hydrogens (tertiary/aromatic N) is 1. The van der Waals surface area contributed by atoms with Crippen molar-refractivity contribution in [2.45, 2.75) is 61.2 Å². The van der Waals surface area contributed by atoms with Gasteiger partial charge in [0.25, 0.3) is 5.91 Å². The summed E-state index contributed by atoms with van der Waals surface area (Å²) in [6.45, 7) is 4.68. The number of imide groups is 1. The molecular weight excluding hydrogens is 733 g/mol. The third-order valence-corrected chi connectivity index (χ3v) is 8.29. The molecule has 0 aromatic heterocycles. The van der Waals surface area contributed by atoms with Crippen LogP contribution in [0.25, 0.3) is 6.08 Å². The lowest BCUT2D eigenvalue weighted by Crippen LogP contribution is -2.75. The number of rotatable bonds is 13. The summed E-state index contributed by atoms with van der Waals surface area (Å²) in [5.74, 6) is -6.62. The summed E-state index contributed by atoms with van der Waals surface area (Å²) in [7, 11) is 0. The van der Waals surface area contributed by atoms with Crippen LogP contribution in [0.15, 0.2) is 54.2 Å². The number of carbonyl (C=O) groups is 5. The number of nitrogens with two attached hydrogens (primary N) is 3. The van der Waals surface area contributed by atoms with Crippen LogP contribution >= 0.6 is 47.8 Å². The summed E-state index contributed by atoms with van der Waals surface area (Å²) in [5.41, 5.74) is 15.7. The second-order valence-electron chi connectivity index (χ2n) is 11.5. The van der Waals surface area contributed by atoms with Crippen LogP contribution in [0.4, 0.5) is 0 Å². The molecule has 9 N–H and O–H groups in total. The van der Waals surface area contributed by atoms with Crippen molar-refractivity contribution in [3.05, 3.63) is 68.9 Å². The number of carboxylic acid groups (broad SMARTS) is 1. The monoisotopic (exact) mass is 771 g/mol. The van der Waals surface area contributed by atoms with Gasteiger partial charge in [-0.1, -0.05) is 24.3 Å². The maximum Gasteiger partial charge on any atom is 0.339 e. The zero-order valence-corrected chi connectivity index (χ0v) is 29.1. The largest absolute Gasteiger partial charge is 0.508 e. The Kier molecular flexibility index (Phi) is 12.7. The highest BCUT2D eigenvalue weighted by molar-refractivity contribution is 14.1. The Morgan fingerprint density at radius 3 is 1.98 bits per heavy atom. The van der Waals surface area contributed by atoms with Gasteiger partial charge in [0, 0.05) is 13.1 Å². The second-order valence-corrected chi connectivity index (χ2v) is 15.0. The molecule has 0 fully saturated rings. The van der Waals surface area contributed by atoms with E-state index in [1.807, 2.05) is 0 Å². The second kappa shape index (κ2) is 15.0. The molecule has 2 rings (SSSR count). The van der Waals surface area contributed by atoms with E-state index in [0.717, 1.165) is 3.57 Å². The van der Waals surface area contributed by atoms with E-state index in [2.05, 4.69) is 53.2 Å². The van der Waals surface area contributed by atoms with Crippen LogP contribution in [0.2, 0.25) is 0 Å². The molecule has 45 heavy (non-hydrogen) atoms. The SMILES string of the molecule is CC(C)(S)[C@@H](N)C(=O)NCC(=O)N(C(=O)/C(N)=C/c1ccc(I)cc1)[C@](C(=O)O)(C(=O)[C@@H](N)Cc1ccc(O)cc1)C(C)(C)S. The molecule has 3 atom stereocenters. The lowest BCUT2D eigenvalue weighted by molar-refractivity contribution is -0.172. The first-order chi connectivity index (χ1) is 20.6. The van der Waals surface area contributed by atoms with Crippen molar-refractivity contribution < 1.29 is 34.2 Å². The number of Topliss-reactive ketones (excluding diaryl/α,β-unsaturated/α-hetero) is 1. The van der Waals surface area contributed by atoms with Crippen LogP contribution in [-0.4, -0.2) is 78.2 Å². The third kappa shape index (κ3) is 9.00. The topological polar surface area (TPSA) is 219 Å². The van der Waals surface area contributed by atoms with E-state index >= 15 is 0 Å². The molecule has 15 heteroatoms. The summed E-state index contributed by atoms with van der Waals surface area (Å²) in [6.07, 6.45) is 1.00. The molecule has 2 aromatic rings. The van der Waals surface area contributed by atoms with Gasteiger partial charge < -0.3 is 32.7 Å². The Morgan fingerprint density at radius 1 is 0.978 bits per heavy atom. The molecule has 0 unspecified atom stereocenters. The Hall–Kier alpha value is -3.12. The van der Waals surface area contributed by atoms with Gasteiger partial charge in [-0.15, -0.1) is 0 Å². The molecule has 0 saturated heterocycles. The van der Waals surface area contributed by atoms with Crippen molar-refractivity contribution in [3.8, 4) is 5.75 Å². The lowest BCUT2D eigenvalue weighted by atomic mass is 9.75. The number of amides is 3. The van der Waals surface area contributed by atoms with Gasteiger partial charge in [-0.2, -0.15) is 25.3 Å². The number of carbonyl (C=O) groups excluding carboxylic acids is 4. The Morgan fingerprint density at radius 2 is 1.51 bits per heavy atom. The van der Waals surface area contributed by atoms with Crippen molar-refractivity contribution in [1.82, 2.24) is 10.2 Å². The van der Waals surface area contributed by atoms with Crippen molar-refractivity contribution in [2.75, 3.05) is 6.54 Å². The molecule has 0 aliphatic carbocycles. The van der Waals surface area contributed by atoms with E-state index in [-0.39, 0.29) is 17.1 Å². The summed E-state index contributed by atoms with van der Waals surface area (Å²) in [5, 5.41) is 22.6. The fraction of sp³-hybridized carbons (Fsp3) is 0.367. The van der Waals surface area contributed by atoms with E-state index < -0.39 is 68.8 Å². The van der Waals surface area contributed by atoms with Gasteiger partial charge in [0.05, 0.1) is 24.3 Å². The third-order valence-electron chi connectivity index (χ3n) is 6.96. The molecule has 0 saturated carbocycles. The van der Waals surface area contributed by atoms with E-state index in [9.17, 15) is 34.2 Å². The van der Waals surface area contributed by atoms with E-state index in [0.29, 0.717) is 11.1 Å². The van der Waals surface area contributed by atoms with Gasteiger partial charge in [-0.3, -0.25) is 19.2 Å². The predicted octanol–water partition coefficient (Wildman–Crippen LogP) is 1.47. The fourth-order valence-electron chi connectivity index (χ4n) is 4.45. The molecule has 12 nitrogen and oxygen atoms in total. The maximum absolute atomic E-state index is 14.2. The average molecular weight is 772 g/mol. The molecule has 3 amide bonds. The standard InChI is InChI=1S/C30H38IN5O7S2/c1-28(2,44)23(34)25(40)35-15-22(38)36(26(41)21(33)14-16-5-9-18(31)10-6-16)30(27(42)43,29(3,4)45)24(39)20(32)13-17-7-11-19(37)12-8-17/h5-12,14,20,23,37,44-45H,13,15,32-34H2,1-4H3,(H,35,40)(H,42,43)/b21-14-/t20-,23-,30-/m0/s1. The smallest absolute Gasteiger partial charge is 0.339 e. The highest BCUT2D eigenvalue weighted by Gasteiger charge is 2.64. The Bertz CT molecular complexity index is 1470. The van der Waals surface area contributed by atoms with Crippen molar-refractivity contribution in [2.24, 2.45) is 17.2 Å². The molecule has 0 aliphatic heterocycles. The molecule has 0 radical (unpaired) electrons. The summed E-state index contributed by atoms with van der Waals surface area (Å²) >= 11 is 10.8. The zero-order chi connectivity index (χ0) is 34.5. The first-order valence-corrected chi connectivity index (χ1v) is 15.5. The van der Waals surface area contributed by atoms with Gasteiger partial charge in [-0.25, -0.2) is 9.69 Å². The number of aromatic hydroxyl groups is 1. The van der Waals surface area contributed by atoms with Crippen LogP contribution in [0.5, 0.6) is 5.75 Å². The number of carboxylic acids is 1. The molecule has 2 aromatic carbocycles. The molecule has 0 aliphatic rings. The number of phenolic OH excluding ortho intramolecular Hbond substituents is 1. The highest BCUT2D eigenvalue weighted by atomic mass is 127. The summed E-state index contributed by atoms with van der Waals surface area (Å²) in [4.78, 5) is 68.4. The van der Waals surface area contributed by atoms with Crippen LogP contribution < -0.4 is 22.5 Å². The minimum atomic E-state index is -3.03. The van der Waals surface area contributed by atoms with Gasteiger partial charge >= 0.3 is 5.97 Å². The number of hydrogen-bond donors (Lipinski definition) is 8. The van der Waals surface area contributed by atoms with E-state index in [1.165, 1.54) is 44.2 Å². The van der Waals surface area contributed by atoms with Crippen molar-refractivity contribution in [1.29, 1.82) is 0 Å². The fourth-order valence-corrected chi connectivity index (χ4v) is 5.23. The first kappa shape index (κ1) is 38.1. The number of nitrogens with one attached hydrogen (secondary N) is 1. The Balaban J connectivity index is 2.73. The lowest BCUT2D eigenvalue weighted by Gasteiger charge is -2.46. The molecule has 0 heterocycles. The number of phenols is 1. The minimum Gasteiger partial charge on any atom is -0.508 e. The number of benzene rings is 2. The molecule has 244 valence electrons. The summed E-state index contributed by atoms with van der Waals surface area (Å²) in [6, 6.07) is 9.65. The van der Waals surface area contributed by atoms with Crippen molar-refractivity contribution in [3.63, 3.8) is 0 Å². The van der Waals surface area contributed by atoms with Crippen LogP contribution in [0.3, 0.4) is 0 Å². The quantitative estimate of drug-likeness (QED) is 0.0635. The number of aliphatic carboxylic acids is 1. The molecular formula is C30H38IN5O7S2. The van der Waals surface area contributed by atoms with Gasteiger partial charge in [0.15, 0.2) is 5.78 Å². The van der Waals surface area contributed by atoms with Crippen LogP contribution in [0, 0.1) is 3.57 Å². The van der Waals surface area contributed by atoms with E-state index in [4.69, 9.17) is 17.2 Å². The highest BCUT2D eigenvalue weighted by Crippen LogP contribution is 2.38. The van der Waals surface area contributed by atoms with Crippen LogP contribution in [-0.2, 0) is 30.4 Å². The van der Waals surface area contributed by atoms with Gasteiger partial charge in [0.2, 0.25) is 17.4 Å². The first-order valence-electron chi connectivity index (χ1n) is 13.5. The number of ketones is 1. The number of halogens is 1. The predicted molar refractivity (Wildman–Crippen MR) is 185 cm³/mol. The minimum absolute atomic E-state index is 0.0455. The van der Waals surface area contributed by atoms with E-state index in [1.54, 1.807) is 38.1 Å². The summed E-state index contributed by atoms with van der Waals surface area (Å²) < 4.78 is -2.07. The zero-order valence-electron chi connectivity index (χ0n) is 25.2. The van der Waals surface area contributed by atoms with Crippen molar-refractivity contribution >= 4 is 83.4 Å². The Labute approximate surface area is 286 Å². The number of hydrogen-bond acceptors (Lipinski definition) is 11. The van der Waals surface area contributed by atoms with Crippen LogP contribution in [0.1, 0.15) is 38.8 Å². The average Bonchev–Trinajstić information content (AvgIpc) is 2.94. The maximum atomic E-state index is 14.2. The normalized spacial score (nSPS) is 14.9. The van der Waals surface area contributed by atoms with Gasteiger partial charge in [0.1, 0.15) is 5.75 Å².